The van der Waals surface area contributed by atoms with Crippen LogP contribution in [0.5, 0.6) is 0 Å². The molecule has 0 aliphatic carbocycles. The maximum Gasteiger partial charge on any atom is 0.152 e. The van der Waals surface area contributed by atoms with Crippen LogP contribution in [0.2, 0.25) is 0 Å². The minimum absolute atomic E-state index is 0.428. The molecule has 0 fully saturated rings. The maximum atomic E-state index is 6.20. The Morgan fingerprint density at radius 1 is 1.16 bits per heavy atom. The van der Waals surface area contributed by atoms with Crippen LogP contribution in [0, 0.1) is 13.8 Å². The predicted octanol–water partition coefficient (Wildman–Crippen LogP) is 2.28. The third kappa shape index (κ3) is 2.08. The van der Waals surface area contributed by atoms with Gasteiger partial charge in [-0.25, -0.2) is 4.98 Å². The van der Waals surface area contributed by atoms with Crippen LogP contribution in [0.1, 0.15) is 28.9 Å². The second-order valence-electron chi connectivity index (χ2n) is 4.49. The molecule has 0 amide bonds. The highest BCUT2D eigenvalue weighted by atomic mass is 16.3. The Balaban J connectivity index is 2.07. The van der Waals surface area contributed by atoms with Crippen molar-refractivity contribution in [2.24, 2.45) is 5.73 Å². The molecule has 3 rings (SSSR count). The standard InChI is InChI=1S/C14H14N4O/c1-8-3-4-11-10(18-8)7-12(19-11)13(15)14-9(2)16-5-6-17-14/h3-7,13H,15H2,1-2H3. The summed E-state index contributed by atoms with van der Waals surface area (Å²) >= 11 is 0. The van der Waals surface area contributed by atoms with Crippen molar-refractivity contribution in [3.8, 4) is 0 Å². The summed E-state index contributed by atoms with van der Waals surface area (Å²) in [4.78, 5) is 12.9. The highest BCUT2D eigenvalue weighted by Crippen LogP contribution is 2.25. The lowest BCUT2D eigenvalue weighted by molar-refractivity contribution is 0.518. The lowest BCUT2D eigenvalue weighted by atomic mass is 10.1. The zero-order valence-corrected chi connectivity index (χ0v) is 10.8. The minimum atomic E-state index is -0.428. The average Bonchev–Trinajstić information content (AvgIpc) is 2.81. The van der Waals surface area contributed by atoms with E-state index in [1.807, 2.05) is 32.0 Å². The first kappa shape index (κ1) is 11.8. The molecule has 0 aliphatic rings. The van der Waals surface area contributed by atoms with E-state index in [0.29, 0.717) is 5.76 Å². The van der Waals surface area contributed by atoms with Crippen molar-refractivity contribution < 1.29 is 4.42 Å². The van der Waals surface area contributed by atoms with Crippen molar-refractivity contribution in [3.63, 3.8) is 0 Å². The summed E-state index contributed by atoms with van der Waals surface area (Å²) in [6.45, 7) is 3.83. The van der Waals surface area contributed by atoms with Gasteiger partial charge in [-0.05, 0) is 26.0 Å². The fraction of sp³-hybridized carbons (Fsp3) is 0.214. The molecule has 1 atom stereocenters. The zero-order valence-electron chi connectivity index (χ0n) is 10.8. The number of nitrogens with zero attached hydrogens (tertiary/aromatic N) is 3. The monoisotopic (exact) mass is 254 g/mol. The van der Waals surface area contributed by atoms with Crippen LogP contribution in [-0.2, 0) is 0 Å². The van der Waals surface area contributed by atoms with Gasteiger partial charge in [0, 0.05) is 24.2 Å². The number of aromatic nitrogens is 3. The number of furan rings is 1. The van der Waals surface area contributed by atoms with Gasteiger partial charge < -0.3 is 10.2 Å². The Morgan fingerprint density at radius 2 is 1.95 bits per heavy atom. The number of nitrogens with two attached hydrogens (primary N) is 1. The Morgan fingerprint density at radius 3 is 2.74 bits per heavy atom. The number of fused-ring (bicyclic) bond motifs is 1. The van der Waals surface area contributed by atoms with Crippen molar-refractivity contribution in [2.45, 2.75) is 19.9 Å². The van der Waals surface area contributed by atoms with E-state index < -0.39 is 6.04 Å². The number of hydrogen-bond donors (Lipinski definition) is 1. The molecule has 96 valence electrons. The number of rotatable bonds is 2. The van der Waals surface area contributed by atoms with Crippen LogP contribution in [0.15, 0.2) is 35.0 Å². The van der Waals surface area contributed by atoms with Crippen LogP contribution in [0.4, 0.5) is 0 Å². The molecule has 0 radical (unpaired) electrons. The van der Waals surface area contributed by atoms with E-state index >= 15 is 0 Å². The summed E-state index contributed by atoms with van der Waals surface area (Å²) in [7, 11) is 0. The molecule has 0 aromatic carbocycles. The first-order valence-corrected chi connectivity index (χ1v) is 6.05. The summed E-state index contributed by atoms with van der Waals surface area (Å²) in [6.07, 6.45) is 3.28. The molecule has 0 spiro atoms. The van der Waals surface area contributed by atoms with Crippen LogP contribution in [-0.4, -0.2) is 15.0 Å². The van der Waals surface area contributed by atoms with Crippen molar-refractivity contribution in [3.05, 3.63) is 53.4 Å². The Labute approximate surface area is 110 Å². The average molecular weight is 254 g/mol. The lowest BCUT2D eigenvalue weighted by Gasteiger charge is -2.09. The molecule has 5 nitrogen and oxygen atoms in total. The van der Waals surface area contributed by atoms with Gasteiger partial charge in [-0.15, -0.1) is 0 Å². The molecule has 0 bridgehead atoms. The summed E-state index contributed by atoms with van der Waals surface area (Å²) in [5.74, 6) is 0.650. The number of pyridine rings is 1. The molecule has 19 heavy (non-hydrogen) atoms. The summed E-state index contributed by atoms with van der Waals surface area (Å²) in [5, 5.41) is 0. The first-order valence-electron chi connectivity index (χ1n) is 6.05. The quantitative estimate of drug-likeness (QED) is 0.759. The van der Waals surface area contributed by atoms with Gasteiger partial charge in [0.25, 0.3) is 0 Å². The van der Waals surface area contributed by atoms with Crippen molar-refractivity contribution in [1.29, 1.82) is 0 Å². The second kappa shape index (κ2) is 4.44. The van der Waals surface area contributed by atoms with Gasteiger partial charge in [-0.1, -0.05) is 0 Å². The third-order valence-electron chi connectivity index (χ3n) is 3.05. The van der Waals surface area contributed by atoms with Crippen LogP contribution in [0.3, 0.4) is 0 Å². The highest BCUT2D eigenvalue weighted by molar-refractivity contribution is 5.73. The van der Waals surface area contributed by atoms with E-state index in [1.165, 1.54) is 0 Å². The first-order chi connectivity index (χ1) is 9.15. The SMILES string of the molecule is Cc1ccc2oc(C(N)c3nccnc3C)cc2n1. The Bertz CT molecular complexity index is 735. The normalized spacial score (nSPS) is 12.8. The van der Waals surface area contributed by atoms with Crippen molar-refractivity contribution >= 4 is 11.1 Å². The Kier molecular flexibility index (Phi) is 2.76. The van der Waals surface area contributed by atoms with E-state index in [-0.39, 0.29) is 0 Å². The lowest BCUT2D eigenvalue weighted by Crippen LogP contribution is -2.14. The van der Waals surface area contributed by atoms with Gasteiger partial charge in [0.15, 0.2) is 5.58 Å². The van der Waals surface area contributed by atoms with Crippen molar-refractivity contribution in [2.75, 3.05) is 0 Å². The van der Waals surface area contributed by atoms with E-state index in [9.17, 15) is 0 Å². The van der Waals surface area contributed by atoms with Gasteiger partial charge >= 0.3 is 0 Å². The molecule has 5 heteroatoms. The van der Waals surface area contributed by atoms with Gasteiger partial charge in [0.1, 0.15) is 17.3 Å². The molecule has 1 unspecified atom stereocenters. The molecule has 0 saturated heterocycles. The topological polar surface area (TPSA) is 77.8 Å². The molecule has 3 aromatic heterocycles. The van der Waals surface area contributed by atoms with Gasteiger partial charge in [0.05, 0.1) is 11.4 Å². The van der Waals surface area contributed by atoms with E-state index in [4.69, 9.17) is 10.2 Å². The molecule has 2 N–H and O–H groups in total. The summed E-state index contributed by atoms with van der Waals surface area (Å²) in [6, 6.07) is 5.25. The number of aryl methyl sites for hydroxylation is 2. The molecule has 0 saturated carbocycles. The third-order valence-corrected chi connectivity index (χ3v) is 3.05. The molecule has 0 aliphatic heterocycles. The fourth-order valence-electron chi connectivity index (χ4n) is 2.06. The number of hydrogen-bond acceptors (Lipinski definition) is 5. The van der Waals surface area contributed by atoms with E-state index in [0.717, 1.165) is 28.2 Å². The van der Waals surface area contributed by atoms with Crippen LogP contribution < -0.4 is 5.73 Å². The van der Waals surface area contributed by atoms with Crippen LogP contribution >= 0.6 is 0 Å². The van der Waals surface area contributed by atoms with Gasteiger partial charge in [-0.3, -0.25) is 9.97 Å². The fourth-order valence-corrected chi connectivity index (χ4v) is 2.06. The molecule has 3 heterocycles. The second-order valence-corrected chi connectivity index (χ2v) is 4.49. The molecular formula is C14H14N4O. The van der Waals surface area contributed by atoms with Crippen LogP contribution in [0.25, 0.3) is 11.1 Å². The summed E-state index contributed by atoms with van der Waals surface area (Å²) < 4.78 is 5.74. The summed E-state index contributed by atoms with van der Waals surface area (Å²) in [5.41, 5.74) is 10.2. The molecular weight excluding hydrogens is 240 g/mol. The smallest absolute Gasteiger partial charge is 0.152 e. The zero-order chi connectivity index (χ0) is 13.4. The minimum Gasteiger partial charge on any atom is -0.457 e. The highest BCUT2D eigenvalue weighted by Gasteiger charge is 2.18. The Hall–Kier alpha value is -2.27. The van der Waals surface area contributed by atoms with Crippen molar-refractivity contribution in [1.82, 2.24) is 15.0 Å². The predicted molar refractivity (Wildman–Crippen MR) is 71.5 cm³/mol. The maximum absolute atomic E-state index is 6.20. The van der Waals surface area contributed by atoms with E-state index in [2.05, 4.69) is 15.0 Å². The molecule has 3 aromatic rings. The van der Waals surface area contributed by atoms with Gasteiger partial charge in [-0.2, -0.15) is 0 Å². The van der Waals surface area contributed by atoms with E-state index in [1.54, 1.807) is 12.4 Å². The van der Waals surface area contributed by atoms with Gasteiger partial charge in [0.2, 0.25) is 0 Å². The largest absolute Gasteiger partial charge is 0.457 e.